The Morgan fingerprint density at radius 3 is 3.09 bits per heavy atom. The van der Waals surface area contributed by atoms with Crippen molar-refractivity contribution in [1.29, 1.82) is 5.26 Å². The molecule has 1 aliphatic rings. The Morgan fingerprint density at radius 2 is 2.32 bits per heavy atom. The Bertz CT molecular complexity index is 840. The molecule has 0 radical (unpaired) electrons. The maximum atomic E-state index is 12.5. The number of halogens is 1. The maximum absolute atomic E-state index is 12.5. The summed E-state index contributed by atoms with van der Waals surface area (Å²) in [5, 5.41) is 9.39. The second-order valence-electron chi connectivity index (χ2n) is 4.96. The van der Waals surface area contributed by atoms with Gasteiger partial charge in [-0.25, -0.2) is 0 Å². The predicted octanol–water partition coefficient (Wildman–Crippen LogP) is 1.50. The van der Waals surface area contributed by atoms with Crippen molar-refractivity contribution in [2.45, 2.75) is 6.10 Å². The number of nitrogens with zero attached hydrogens (tertiary/aromatic N) is 2. The zero-order chi connectivity index (χ0) is 15.7. The molecule has 1 fully saturated rings. The van der Waals surface area contributed by atoms with Crippen LogP contribution in [0.2, 0.25) is 0 Å². The summed E-state index contributed by atoms with van der Waals surface area (Å²) in [6.45, 7) is 0.854. The van der Waals surface area contributed by atoms with Crippen LogP contribution in [0, 0.1) is 14.9 Å². The van der Waals surface area contributed by atoms with Crippen LogP contribution in [-0.2, 0) is 4.74 Å². The number of nitrogens with one attached hydrogen (secondary N) is 1. The van der Waals surface area contributed by atoms with Gasteiger partial charge in [0.1, 0.15) is 5.56 Å². The molecule has 7 heteroatoms. The first-order chi connectivity index (χ1) is 10.6. The van der Waals surface area contributed by atoms with Crippen LogP contribution >= 0.6 is 22.6 Å². The molecule has 0 bridgehead atoms. The topological polar surface area (TPSA) is 86.2 Å². The van der Waals surface area contributed by atoms with Gasteiger partial charge in [-0.15, -0.1) is 0 Å². The lowest BCUT2D eigenvalue weighted by Crippen LogP contribution is -2.46. The molecule has 1 aromatic heterocycles. The fourth-order valence-corrected chi connectivity index (χ4v) is 2.92. The molecule has 1 N–H and O–H groups in total. The van der Waals surface area contributed by atoms with E-state index in [2.05, 4.69) is 27.6 Å². The Labute approximate surface area is 139 Å². The van der Waals surface area contributed by atoms with Gasteiger partial charge in [0.25, 0.3) is 5.91 Å². The zero-order valence-corrected chi connectivity index (χ0v) is 13.7. The maximum Gasteiger partial charge on any atom is 0.259 e. The summed E-state index contributed by atoms with van der Waals surface area (Å²) in [5.41, 5.74) is 0.490. The molecule has 3 rings (SSSR count). The van der Waals surface area contributed by atoms with E-state index in [-0.39, 0.29) is 23.4 Å². The highest BCUT2D eigenvalue weighted by Crippen LogP contribution is 2.14. The highest BCUT2D eigenvalue weighted by Gasteiger charge is 2.26. The zero-order valence-electron chi connectivity index (χ0n) is 11.5. The van der Waals surface area contributed by atoms with E-state index in [1.807, 2.05) is 18.2 Å². The number of fused-ring (bicyclic) bond motifs is 1. The number of rotatable bonds is 1. The molecular weight excluding hydrogens is 397 g/mol. The third-order valence-corrected chi connectivity index (χ3v) is 4.24. The predicted molar refractivity (Wildman–Crippen MR) is 88.5 cm³/mol. The average molecular weight is 409 g/mol. The number of carbonyl (C=O) groups excluding carboxylic acids is 1. The van der Waals surface area contributed by atoms with Crippen LogP contribution in [0.4, 0.5) is 0 Å². The quantitative estimate of drug-likeness (QED) is 0.724. The third-order valence-electron chi connectivity index (χ3n) is 3.57. The molecule has 1 atom stereocenters. The smallest absolute Gasteiger partial charge is 0.259 e. The van der Waals surface area contributed by atoms with Crippen molar-refractivity contribution in [3.05, 3.63) is 43.8 Å². The molecule has 0 aliphatic carbocycles. The van der Waals surface area contributed by atoms with Crippen LogP contribution in [0.5, 0.6) is 0 Å². The van der Waals surface area contributed by atoms with Gasteiger partial charge in [-0.2, -0.15) is 5.26 Å². The molecule has 2 heterocycles. The number of amides is 1. The highest BCUT2D eigenvalue weighted by molar-refractivity contribution is 14.1. The summed E-state index contributed by atoms with van der Waals surface area (Å²) in [7, 11) is 0. The molecule has 1 saturated heterocycles. The monoisotopic (exact) mass is 409 g/mol. The van der Waals surface area contributed by atoms with Crippen LogP contribution in [0.1, 0.15) is 10.4 Å². The summed E-state index contributed by atoms with van der Waals surface area (Å²) in [6, 6.07) is 7.44. The number of aromatic nitrogens is 1. The van der Waals surface area contributed by atoms with E-state index >= 15 is 0 Å². The molecule has 1 aliphatic heterocycles. The minimum absolute atomic E-state index is 0.0908. The van der Waals surface area contributed by atoms with Crippen LogP contribution in [0.3, 0.4) is 0 Å². The number of ether oxygens (including phenoxy) is 1. The number of H-pyrrole nitrogens is 1. The Hall–Kier alpha value is -1.92. The molecule has 6 nitrogen and oxygen atoms in total. The third kappa shape index (κ3) is 2.71. The summed E-state index contributed by atoms with van der Waals surface area (Å²) in [5.74, 6) is -0.370. The van der Waals surface area contributed by atoms with Crippen molar-refractivity contribution in [3.63, 3.8) is 0 Å². The first-order valence-electron chi connectivity index (χ1n) is 6.71. The SMILES string of the molecule is N#C[C@H]1CN(C(=O)c2c[nH]c3ccc(I)cc3c2=O)CCO1. The van der Waals surface area contributed by atoms with Crippen LogP contribution in [-0.4, -0.2) is 41.6 Å². The fraction of sp³-hybridized carbons (Fsp3) is 0.267. The minimum atomic E-state index is -0.641. The molecule has 2 aromatic rings. The van der Waals surface area contributed by atoms with Crippen LogP contribution in [0.25, 0.3) is 10.9 Å². The summed E-state index contributed by atoms with van der Waals surface area (Å²) >= 11 is 2.12. The van der Waals surface area contributed by atoms with Gasteiger partial charge in [0.15, 0.2) is 6.10 Å². The molecular formula is C15H12IN3O3. The Morgan fingerprint density at radius 1 is 1.50 bits per heavy atom. The lowest BCUT2D eigenvalue weighted by Gasteiger charge is -2.29. The van der Waals surface area contributed by atoms with E-state index < -0.39 is 6.10 Å². The number of aromatic amines is 1. The number of pyridine rings is 1. The minimum Gasteiger partial charge on any atom is -0.360 e. The molecule has 22 heavy (non-hydrogen) atoms. The molecule has 1 aromatic carbocycles. The van der Waals surface area contributed by atoms with Gasteiger partial charge in [0.05, 0.1) is 19.2 Å². The van der Waals surface area contributed by atoms with E-state index in [0.29, 0.717) is 24.1 Å². The van der Waals surface area contributed by atoms with Gasteiger partial charge >= 0.3 is 0 Å². The number of nitriles is 1. The number of morpholine rings is 1. The molecule has 0 spiro atoms. The molecule has 1 amide bonds. The van der Waals surface area contributed by atoms with Gasteiger partial charge in [0, 0.05) is 27.2 Å². The van der Waals surface area contributed by atoms with Gasteiger partial charge < -0.3 is 14.6 Å². The van der Waals surface area contributed by atoms with Crippen molar-refractivity contribution in [3.8, 4) is 6.07 Å². The summed E-state index contributed by atoms with van der Waals surface area (Å²) < 4.78 is 6.14. The summed E-state index contributed by atoms with van der Waals surface area (Å²) in [4.78, 5) is 29.6. The van der Waals surface area contributed by atoms with Crippen molar-refractivity contribution < 1.29 is 9.53 Å². The molecule has 0 unspecified atom stereocenters. The molecule has 112 valence electrons. The van der Waals surface area contributed by atoms with Gasteiger partial charge in [-0.3, -0.25) is 9.59 Å². The van der Waals surface area contributed by atoms with E-state index in [1.54, 1.807) is 6.07 Å². The second kappa shape index (κ2) is 6.06. The summed E-state index contributed by atoms with van der Waals surface area (Å²) in [6.07, 6.45) is 0.801. The molecule has 0 saturated carbocycles. The fourth-order valence-electron chi connectivity index (χ4n) is 2.43. The number of carbonyl (C=O) groups is 1. The van der Waals surface area contributed by atoms with E-state index in [4.69, 9.17) is 10.00 Å². The van der Waals surface area contributed by atoms with Gasteiger partial charge in [-0.1, -0.05) is 0 Å². The Balaban J connectivity index is 1.99. The van der Waals surface area contributed by atoms with Gasteiger partial charge in [-0.05, 0) is 40.8 Å². The first kappa shape index (κ1) is 15.0. The lowest BCUT2D eigenvalue weighted by molar-refractivity contribution is 0.00340. The van der Waals surface area contributed by atoms with Crippen molar-refractivity contribution in [2.75, 3.05) is 19.7 Å². The normalized spacial score (nSPS) is 18.2. The lowest BCUT2D eigenvalue weighted by atomic mass is 10.1. The number of benzene rings is 1. The van der Waals surface area contributed by atoms with Crippen molar-refractivity contribution in [2.24, 2.45) is 0 Å². The van der Waals surface area contributed by atoms with E-state index in [0.717, 1.165) is 3.57 Å². The van der Waals surface area contributed by atoms with E-state index in [1.165, 1.54) is 11.1 Å². The van der Waals surface area contributed by atoms with Crippen LogP contribution < -0.4 is 5.43 Å². The standard InChI is InChI=1S/C15H12IN3O3/c16-9-1-2-13-11(5-9)14(20)12(7-18-13)15(21)19-3-4-22-10(6-17)8-19/h1-2,5,7,10H,3-4,8H2,(H,18,20)/t10-/m0/s1. The number of hydrogen-bond donors (Lipinski definition) is 1. The number of hydrogen-bond acceptors (Lipinski definition) is 4. The highest BCUT2D eigenvalue weighted by atomic mass is 127. The van der Waals surface area contributed by atoms with Gasteiger partial charge in [0.2, 0.25) is 5.43 Å². The van der Waals surface area contributed by atoms with E-state index in [9.17, 15) is 9.59 Å². The largest absolute Gasteiger partial charge is 0.360 e. The first-order valence-corrected chi connectivity index (χ1v) is 7.79. The van der Waals surface area contributed by atoms with Crippen LogP contribution in [0.15, 0.2) is 29.2 Å². The second-order valence-corrected chi connectivity index (χ2v) is 6.21. The Kier molecular flexibility index (Phi) is 4.13. The van der Waals surface area contributed by atoms with Crippen molar-refractivity contribution in [1.82, 2.24) is 9.88 Å². The van der Waals surface area contributed by atoms with Crippen molar-refractivity contribution >= 4 is 39.4 Å². The average Bonchev–Trinajstić information content (AvgIpc) is 2.55.